The van der Waals surface area contributed by atoms with Crippen LogP contribution in [0.5, 0.6) is 0 Å². The molecule has 0 bridgehead atoms. The SMILES string of the molecule is CCc1ccc(C(CN)N2CCCN3CCCC3C2)o1. The van der Waals surface area contributed by atoms with E-state index in [1.54, 1.807) is 0 Å². The molecule has 1 aromatic heterocycles. The quantitative estimate of drug-likeness (QED) is 0.914. The van der Waals surface area contributed by atoms with Gasteiger partial charge in [0.15, 0.2) is 0 Å². The van der Waals surface area contributed by atoms with Gasteiger partial charge in [0.1, 0.15) is 11.5 Å². The van der Waals surface area contributed by atoms with Gasteiger partial charge in [0.05, 0.1) is 6.04 Å². The van der Waals surface area contributed by atoms with E-state index in [1.165, 1.54) is 32.4 Å². The summed E-state index contributed by atoms with van der Waals surface area (Å²) in [6, 6.07) is 5.19. The Hall–Kier alpha value is -0.840. The summed E-state index contributed by atoms with van der Waals surface area (Å²) in [6.45, 7) is 7.58. The van der Waals surface area contributed by atoms with E-state index in [0.717, 1.165) is 37.1 Å². The van der Waals surface area contributed by atoms with Crippen LogP contribution in [0.2, 0.25) is 0 Å². The van der Waals surface area contributed by atoms with Gasteiger partial charge in [-0.1, -0.05) is 6.92 Å². The predicted molar refractivity (Wildman–Crippen MR) is 80.7 cm³/mol. The summed E-state index contributed by atoms with van der Waals surface area (Å²) in [5.41, 5.74) is 6.06. The van der Waals surface area contributed by atoms with Crippen LogP contribution in [0.25, 0.3) is 0 Å². The van der Waals surface area contributed by atoms with E-state index in [0.29, 0.717) is 6.54 Å². The molecule has 0 radical (unpaired) electrons. The van der Waals surface area contributed by atoms with Crippen molar-refractivity contribution in [2.75, 3.05) is 32.7 Å². The fraction of sp³-hybridized carbons (Fsp3) is 0.750. The predicted octanol–water partition coefficient (Wildman–Crippen LogP) is 2.01. The third-order valence-electron chi connectivity index (χ3n) is 4.86. The largest absolute Gasteiger partial charge is 0.464 e. The molecule has 2 unspecified atom stereocenters. The Bertz CT molecular complexity index is 431. The number of furan rings is 1. The zero-order chi connectivity index (χ0) is 13.9. The Morgan fingerprint density at radius 3 is 2.90 bits per heavy atom. The third-order valence-corrected chi connectivity index (χ3v) is 4.86. The first-order valence-corrected chi connectivity index (χ1v) is 8.08. The second-order valence-corrected chi connectivity index (χ2v) is 6.09. The highest BCUT2D eigenvalue weighted by Crippen LogP contribution is 2.28. The lowest BCUT2D eigenvalue weighted by atomic mass is 10.1. The molecule has 1 aromatic rings. The molecular formula is C16H27N3O. The summed E-state index contributed by atoms with van der Waals surface area (Å²) in [5.74, 6) is 2.12. The third kappa shape index (κ3) is 2.78. The maximum Gasteiger partial charge on any atom is 0.122 e. The van der Waals surface area contributed by atoms with Gasteiger partial charge in [-0.15, -0.1) is 0 Å². The van der Waals surface area contributed by atoms with Crippen molar-refractivity contribution < 1.29 is 4.42 Å². The summed E-state index contributed by atoms with van der Waals surface area (Å²) in [5, 5.41) is 0. The van der Waals surface area contributed by atoms with Crippen LogP contribution in [0.1, 0.15) is 43.7 Å². The number of aryl methyl sites for hydroxylation is 1. The standard InChI is InChI=1S/C16H27N3O/c1-2-14-6-7-16(20-14)15(11-17)19-10-4-9-18-8-3-5-13(18)12-19/h6-7,13,15H,2-5,8-12,17H2,1H3. The Morgan fingerprint density at radius 1 is 1.30 bits per heavy atom. The second kappa shape index (κ2) is 6.29. The molecule has 3 heterocycles. The molecule has 2 fully saturated rings. The van der Waals surface area contributed by atoms with Crippen molar-refractivity contribution >= 4 is 0 Å². The molecular weight excluding hydrogens is 250 g/mol. The van der Waals surface area contributed by atoms with E-state index < -0.39 is 0 Å². The molecule has 0 aromatic carbocycles. The minimum absolute atomic E-state index is 0.246. The van der Waals surface area contributed by atoms with E-state index in [-0.39, 0.29) is 6.04 Å². The van der Waals surface area contributed by atoms with Crippen molar-refractivity contribution in [3.8, 4) is 0 Å². The van der Waals surface area contributed by atoms with Crippen LogP contribution in [-0.2, 0) is 6.42 Å². The second-order valence-electron chi connectivity index (χ2n) is 6.09. The first-order chi connectivity index (χ1) is 9.81. The zero-order valence-corrected chi connectivity index (χ0v) is 12.6. The van der Waals surface area contributed by atoms with Crippen LogP contribution < -0.4 is 5.73 Å². The monoisotopic (exact) mass is 277 g/mol. The van der Waals surface area contributed by atoms with Crippen molar-refractivity contribution in [3.63, 3.8) is 0 Å². The topological polar surface area (TPSA) is 45.6 Å². The maximum atomic E-state index is 6.06. The minimum atomic E-state index is 0.246. The molecule has 2 aliphatic heterocycles. The maximum absolute atomic E-state index is 6.06. The van der Waals surface area contributed by atoms with E-state index in [2.05, 4.69) is 28.9 Å². The molecule has 2 saturated heterocycles. The van der Waals surface area contributed by atoms with Gasteiger partial charge in [0.2, 0.25) is 0 Å². The highest BCUT2D eigenvalue weighted by atomic mass is 16.3. The number of rotatable bonds is 4. The van der Waals surface area contributed by atoms with Gasteiger partial charge in [-0.3, -0.25) is 9.80 Å². The van der Waals surface area contributed by atoms with Gasteiger partial charge in [0, 0.05) is 32.1 Å². The zero-order valence-electron chi connectivity index (χ0n) is 12.6. The lowest BCUT2D eigenvalue weighted by molar-refractivity contribution is 0.159. The van der Waals surface area contributed by atoms with Gasteiger partial charge >= 0.3 is 0 Å². The molecule has 0 aliphatic carbocycles. The highest BCUT2D eigenvalue weighted by Gasteiger charge is 2.32. The molecule has 2 N–H and O–H groups in total. The van der Waals surface area contributed by atoms with E-state index >= 15 is 0 Å². The number of nitrogens with zero attached hydrogens (tertiary/aromatic N) is 2. The number of fused-ring (bicyclic) bond motifs is 1. The Balaban J connectivity index is 1.74. The van der Waals surface area contributed by atoms with Crippen LogP contribution in [0.3, 0.4) is 0 Å². The van der Waals surface area contributed by atoms with Crippen molar-refractivity contribution in [1.82, 2.24) is 9.80 Å². The lowest BCUT2D eigenvalue weighted by Crippen LogP contribution is -2.40. The molecule has 2 atom stereocenters. The van der Waals surface area contributed by atoms with Crippen LogP contribution in [-0.4, -0.2) is 48.6 Å². The van der Waals surface area contributed by atoms with Crippen molar-refractivity contribution in [2.24, 2.45) is 5.73 Å². The molecule has 2 aliphatic rings. The van der Waals surface area contributed by atoms with Gasteiger partial charge in [-0.25, -0.2) is 0 Å². The van der Waals surface area contributed by atoms with Gasteiger partial charge in [-0.05, 0) is 44.5 Å². The van der Waals surface area contributed by atoms with E-state index in [1.807, 2.05) is 0 Å². The Labute approximate surface area is 121 Å². The highest BCUT2D eigenvalue weighted by molar-refractivity contribution is 5.12. The molecule has 4 nitrogen and oxygen atoms in total. The summed E-state index contributed by atoms with van der Waals surface area (Å²) in [4.78, 5) is 5.21. The van der Waals surface area contributed by atoms with Crippen molar-refractivity contribution in [2.45, 2.75) is 44.7 Å². The minimum Gasteiger partial charge on any atom is -0.464 e. The van der Waals surface area contributed by atoms with Crippen LogP contribution in [0.15, 0.2) is 16.5 Å². The summed E-state index contributed by atoms with van der Waals surface area (Å²) in [6.07, 6.45) is 4.89. The summed E-state index contributed by atoms with van der Waals surface area (Å²) in [7, 11) is 0. The molecule has 4 heteroatoms. The molecule has 0 amide bonds. The average Bonchev–Trinajstić information content (AvgIpc) is 3.06. The van der Waals surface area contributed by atoms with Crippen molar-refractivity contribution in [3.05, 3.63) is 23.7 Å². The first-order valence-electron chi connectivity index (χ1n) is 8.08. The lowest BCUT2D eigenvalue weighted by Gasteiger charge is -2.31. The number of nitrogens with two attached hydrogens (primary N) is 1. The van der Waals surface area contributed by atoms with Gasteiger partial charge in [-0.2, -0.15) is 0 Å². The smallest absolute Gasteiger partial charge is 0.122 e. The van der Waals surface area contributed by atoms with E-state index in [9.17, 15) is 0 Å². The van der Waals surface area contributed by atoms with Gasteiger partial charge in [0.25, 0.3) is 0 Å². The normalized spacial score (nSPS) is 26.4. The van der Waals surface area contributed by atoms with Crippen LogP contribution in [0, 0.1) is 0 Å². The summed E-state index contributed by atoms with van der Waals surface area (Å²) >= 11 is 0. The van der Waals surface area contributed by atoms with Crippen LogP contribution in [0.4, 0.5) is 0 Å². The fourth-order valence-corrected chi connectivity index (χ4v) is 3.73. The Kier molecular flexibility index (Phi) is 4.44. The number of hydrogen-bond acceptors (Lipinski definition) is 4. The molecule has 0 saturated carbocycles. The van der Waals surface area contributed by atoms with E-state index in [4.69, 9.17) is 10.2 Å². The number of hydrogen-bond donors (Lipinski definition) is 1. The first kappa shape index (κ1) is 14.1. The van der Waals surface area contributed by atoms with Crippen LogP contribution >= 0.6 is 0 Å². The van der Waals surface area contributed by atoms with Crippen molar-refractivity contribution in [1.29, 1.82) is 0 Å². The molecule has 112 valence electrons. The molecule has 3 rings (SSSR count). The molecule has 20 heavy (non-hydrogen) atoms. The summed E-state index contributed by atoms with van der Waals surface area (Å²) < 4.78 is 5.96. The fourth-order valence-electron chi connectivity index (χ4n) is 3.73. The average molecular weight is 277 g/mol. The molecule has 0 spiro atoms. The van der Waals surface area contributed by atoms with Gasteiger partial charge < -0.3 is 10.2 Å². The Morgan fingerprint density at radius 2 is 2.15 bits per heavy atom.